The second-order valence-corrected chi connectivity index (χ2v) is 14.8. The number of rotatable bonds is 7. The molecule has 3 heterocycles. The Hall–Kier alpha value is -4.55. The lowest BCUT2D eigenvalue weighted by Crippen LogP contribution is -2.49. The Morgan fingerprint density at radius 1 is 0.667 bits per heavy atom. The number of para-hydroxylation sites is 2. The lowest BCUT2D eigenvalue weighted by molar-refractivity contribution is 0.0893. The first-order valence-electron chi connectivity index (χ1n) is 18.8. The standard InChI is InChI=1S/C20H20INO3.C20H19NO3.C4H8O/c21-12-6-9-16-13-19(23)17-10-4-5-11-18(17)22(16)20(24)25-14-15-7-2-1-3-8-15;22-19-15-9-4-5-11-17(15)21(18-12-6-10-16(18)19)20(23)24-13-14-7-2-1-3-8-14;1-2-4-5-3-1/h1-5,7-8,10-11,16H,6,9,12-14H2;1-5,7-9,11,16,18H,6,10,12-13H2;1-4H2. The summed E-state index contributed by atoms with van der Waals surface area (Å²) in [6, 6.07) is 33.7. The molecular weight excluding hydrogens is 795 g/mol. The van der Waals surface area contributed by atoms with E-state index >= 15 is 0 Å². The van der Waals surface area contributed by atoms with Crippen LogP contribution in [-0.4, -0.2) is 53.5 Å². The number of halogens is 1. The molecule has 9 nitrogen and oxygen atoms in total. The Kier molecular flexibility index (Phi) is 14.3. The number of nitrogens with zero attached hydrogens (tertiary/aromatic N) is 2. The van der Waals surface area contributed by atoms with Gasteiger partial charge in [-0.2, -0.15) is 0 Å². The minimum absolute atomic E-state index is 0.0735. The van der Waals surface area contributed by atoms with E-state index in [1.54, 1.807) is 15.9 Å². The number of alkyl halides is 1. The number of Topliss-reactive ketones (excluding diaryl/α,β-unsaturated/α-hetero) is 2. The normalized spacial score (nSPS) is 19.6. The molecule has 0 radical (unpaired) electrons. The Labute approximate surface area is 331 Å². The van der Waals surface area contributed by atoms with Gasteiger partial charge in [0.05, 0.1) is 17.4 Å². The quantitative estimate of drug-likeness (QED) is 0.135. The summed E-state index contributed by atoms with van der Waals surface area (Å²) in [6.07, 6.45) is 6.59. The summed E-state index contributed by atoms with van der Waals surface area (Å²) in [5, 5.41) is 0. The number of ether oxygens (including phenoxy) is 3. The lowest BCUT2D eigenvalue weighted by atomic mass is 9.86. The van der Waals surface area contributed by atoms with Gasteiger partial charge in [-0.15, -0.1) is 0 Å². The Balaban J connectivity index is 0.000000163. The summed E-state index contributed by atoms with van der Waals surface area (Å²) >= 11 is 2.32. The average Bonchev–Trinajstić information content (AvgIpc) is 3.97. The smallest absolute Gasteiger partial charge is 0.414 e. The summed E-state index contributed by atoms with van der Waals surface area (Å²) in [5.74, 6) is 0.172. The van der Waals surface area contributed by atoms with E-state index in [1.807, 2.05) is 103 Å². The summed E-state index contributed by atoms with van der Waals surface area (Å²) < 4.78 is 17.0. The number of hydrogen-bond donors (Lipinski definition) is 0. The Morgan fingerprint density at radius 3 is 1.78 bits per heavy atom. The van der Waals surface area contributed by atoms with E-state index in [1.165, 1.54) is 12.8 Å². The van der Waals surface area contributed by atoms with E-state index in [0.717, 1.165) is 60.9 Å². The number of carbonyl (C=O) groups is 4. The number of benzene rings is 4. The predicted molar refractivity (Wildman–Crippen MR) is 217 cm³/mol. The molecular formula is C44H47IN2O7. The van der Waals surface area contributed by atoms with Crippen molar-refractivity contribution in [3.8, 4) is 0 Å². The lowest BCUT2D eigenvalue weighted by Gasteiger charge is -2.37. The van der Waals surface area contributed by atoms with Crippen LogP contribution in [0.4, 0.5) is 21.0 Å². The molecule has 3 unspecified atom stereocenters. The van der Waals surface area contributed by atoms with Crippen LogP contribution in [0, 0.1) is 5.92 Å². The maximum atomic E-state index is 12.8. The van der Waals surface area contributed by atoms with Gasteiger partial charge in [0.2, 0.25) is 0 Å². The van der Waals surface area contributed by atoms with Crippen molar-refractivity contribution >= 4 is 57.7 Å². The van der Waals surface area contributed by atoms with Gasteiger partial charge < -0.3 is 14.2 Å². The first-order valence-corrected chi connectivity index (χ1v) is 20.4. The van der Waals surface area contributed by atoms with Crippen molar-refractivity contribution in [2.45, 2.75) is 76.7 Å². The zero-order valence-electron chi connectivity index (χ0n) is 30.4. The van der Waals surface area contributed by atoms with Gasteiger partial charge in [-0.25, -0.2) is 9.59 Å². The largest absolute Gasteiger partial charge is 0.444 e. The molecule has 2 fully saturated rings. The molecule has 1 aliphatic carbocycles. The van der Waals surface area contributed by atoms with Crippen LogP contribution < -0.4 is 9.80 Å². The fourth-order valence-electron chi connectivity index (χ4n) is 7.47. The van der Waals surface area contributed by atoms with E-state index in [2.05, 4.69) is 22.6 Å². The van der Waals surface area contributed by atoms with Crippen molar-refractivity contribution in [2.75, 3.05) is 27.4 Å². The fraction of sp³-hybridized carbons (Fsp3) is 0.364. The highest BCUT2D eigenvalue weighted by Crippen LogP contribution is 2.42. The molecule has 282 valence electrons. The van der Waals surface area contributed by atoms with Gasteiger partial charge in [-0.3, -0.25) is 19.4 Å². The van der Waals surface area contributed by atoms with Gasteiger partial charge in [0.15, 0.2) is 11.6 Å². The SMILES string of the molecule is C1CCOC1.O=C1CC(CCCI)N(C(=O)OCc2ccccc2)c2ccccc21.O=C1c2ccccc2N(C(=O)OCc2ccccc2)C2CCCC12. The first-order chi connectivity index (χ1) is 26.5. The maximum absolute atomic E-state index is 12.8. The van der Waals surface area contributed by atoms with Crippen molar-refractivity contribution in [1.82, 2.24) is 0 Å². The third-order valence-electron chi connectivity index (χ3n) is 10.1. The van der Waals surface area contributed by atoms with E-state index in [4.69, 9.17) is 14.2 Å². The summed E-state index contributed by atoms with van der Waals surface area (Å²) in [6.45, 7) is 2.47. The number of amides is 2. The highest BCUT2D eigenvalue weighted by atomic mass is 127. The van der Waals surface area contributed by atoms with Crippen LogP contribution in [0.15, 0.2) is 109 Å². The van der Waals surface area contributed by atoms with Crippen LogP contribution >= 0.6 is 22.6 Å². The minimum Gasteiger partial charge on any atom is -0.444 e. The van der Waals surface area contributed by atoms with Crippen LogP contribution in [0.5, 0.6) is 0 Å². The second-order valence-electron chi connectivity index (χ2n) is 13.8. The Morgan fingerprint density at radius 2 is 1.20 bits per heavy atom. The molecule has 4 aromatic carbocycles. The summed E-state index contributed by atoms with van der Waals surface area (Å²) in [5.41, 5.74) is 4.48. The van der Waals surface area contributed by atoms with Gasteiger partial charge in [-0.05, 0) is 78.3 Å². The molecule has 0 aromatic heterocycles. The van der Waals surface area contributed by atoms with E-state index in [9.17, 15) is 19.2 Å². The van der Waals surface area contributed by atoms with Gasteiger partial charge in [0.1, 0.15) is 13.2 Å². The molecule has 8 rings (SSSR count). The molecule has 0 spiro atoms. The fourth-order valence-corrected chi connectivity index (χ4v) is 7.91. The van der Waals surface area contributed by atoms with E-state index < -0.39 is 0 Å². The molecule has 1 saturated heterocycles. The third-order valence-corrected chi connectivity index (χ3v) is 10.9. The van der Waals surface area contributed by atoms with Gasteiger partial charge in [0.25, 0.3) is 0 Å². The number of ketones is 2. The molecule has 0 N–H and O–H groups in total. The van der Waals surface area contributed by atoms with E-state index in [0.29, 0.717) is 28.9 Å². The molecule has 4 aliphatic rings. The molecule has 1 saturated carbocycles. The van der Waals surface area contributed by atoms with Crippen LogP contribution in [0.25, 0.3) is 0 Å². The van der Waals surface area contributed by atoms with Crippen LogP contribution in [0.2, 0.25) is 0 Å². The van der Waals surface area contributed by atoms with Crippen molar-refractivity contribution in [3.63, 3.8) is 0 Å². The molecule has 10 heteroatoms. The molecule has 3 atom stereocenters. The molecule has 54 heavy (non-hydrogen) atoms. The van der Waals surface area contributed by atoms with Crippen molar-refractivity contribution < 1.29 is 33.4 Å². The Bertz CT molecular complexity index is 1860. The van der Waals surface area contributed by atoms with Gasteiger partial charge in [-0.1, -0.05) is 114 Å². The predicted octanol–water partition coefficient (Wildman–Crippen LogP) is 9.99. The molecule has 0 bridgehead atoms. The minimum atomic E-state index is -0.387. The summed E-state index contributed by atoms with van der Waals surface area (Å²) in [4.78, 5) is 54.1. The number of carbonyl (C=O) groups excluding carboxylic acids is 4. The number of hydrogen-bond acceptors (Lipinski definition) is 7. The van der Waals surface area contributed by atoms with Gasteiger partial charge >= 0.3 is 12.2 Å². The van der Waals surface area contributed by atoms with Crippen LogP contribution in [-0.2, 0) is 27.4 Å². The van der Waals surface area contributed by atoms with Crippen LogP contribution in [0.3, 0.4) is 0 Å². The van der Waals surface area contributed by atoms with Gasteiger partial charge in [0, 0.05) is 42.7 Å². The highest BCUT2D eigenvalue weighted by Gasteiger charge is 2.46. The van der Waals surface area contributed by atoms with E-state index in [-0.39, 0.29) is 55.0 Å². The average molecular weight is 843 g/mol. The zero-order valence-corrected chi connectivity index (χ0v) is 32.6. The maximum Gasteiger partial charge on any atom is 0.414 e. The molecule has 2 amide bonds. The third kappa shape index (κ3) is 9.75. The highest BCUT2D eigenvalue weighted by molar-refractivity contribution is 14.1. The molecule has 4 aromatic rings. The van der Waals surface area contributed by atoms with Crippen molar-refractivity contribution in [3.05, 3.63) is 131 Å². The number of fused-ring (bicyclic) bond motifs is 3. The monoisotopic (exact) mass is 842 g/mol. The molecule has 3 aliphatic heterocycles. The summed E-state index contributed by atoms with van der Waals surface area (Å²) in [7, 11) is 0. The van der Waals surface area contributed by atoms with Crippen molar-refractivity contribution in [1.29, 1.82) is 0 Å². The van der Waals surface area contributed by atoms with Crippen molar-refractivity contribution in [2.24, 2.45) is 5.92 Å². The number of anilines is 2. The second kappa shape index (κ2) is 19.7. The topological polar surface area (TPSA) is 102 Å². The zero-order chi connectivity index (χ0) is 37.7. The van der Waals surface area contributed by atoms with Crippen LogP contribution in [0.1, 0.15) is 83.2 Å². The first kappa shape index (κ1) is 39.2.